The monoisotopic (exact) mass is 302 g/mol. The lowest BCUT2D eigenvalue weighted by molar-refractivity contribution is 0.302. The van der Waals surface area contributed by atoms with Crippen molar-refractivity contribution in [2.75, 3.05) is 6.61 Å². The zero-order valence-electron chi connectivity index (χ0n) is 14.6. The molecule has 0 aliphatic heterocycles. The van der Waals surface area contributed by atoms with Crippen LogP contribution in [0.4, 0.5) is 0 Å². The van der Waals surface area contributed by atoms with Crippen molar-refractivity contribution in [3.05, 3.63) is 60.3 Å². The number of aliphatic hydroxyl groups excluding tert-OH is 1. The van der Waals surface area contributed by atoms with Crippen LogP contribution in [0.1, 0.15) is 65.2 Å². The van der Waals surface area contributed by atoms with Gasteiger partial charge in [-0.05, 0) is 65.2 Å². The second-order valence-corrected chi connectivity index (χ2v) is 5.92. The van der Waals surface area contributed by atoms with Crippen molar-refractivity contribution in [1.29, 1.82) is 0 Å². The van der Waals surface area contributed by atoms with Gasteiger partial charge >= 0.3 is 0 Å². The Balaban J connectivity index is 3.78. The largest absolute Gasteiger partial charge is 0.396 e. The van der Waals surface area contributed by atoms with Gasteiger partial charge in [-0.15, -0.1) is 0 Å². The Kier molecular flexibility index (Phi) is 13.7. The van der Waals surface area contributed by atoms with Crippen molar-refractivity contribution in [2.45, 2.75) is 65.2 Å². The van der Waals surface area contributed by atoms with Crippen LogP contribution >= 0.6 is 0 Å². The van der Waals surface area contributed by atoms with Crippen LogP contribution < -0.4 is 0 Å². The Morgan fingerprint density at radius 2 is 1.45 bits per heavy atom. The SMILES string of the molecule is C=CC(=C)CCC=C(C)CCC=C(C)CCCC=CCCO. The van der Waals surface area contributed by atoms with Crippen LogP contribution in [0.25, 0.3) is 0 Å². The fraction of sp³-hybridized carbons (Fsp3) is 0.524. The average molecular weight is 303 g/mol. The van der Waals surface area contributed by atoms with Crippen molar-refractivity contribution in [2.24, 2.45) is 0 Å². The van der Waals surface area contributed by atoms with E-state index < -0.39 is 0 Å². The van der Waals surface area contributed by atoms with E-state index in [0.29, 0.717) is 0 Å². The summed E-state index contributed by atoms with van der Waals surface area (Å²) in [6, 6.07) is 0. The molecule has 22 heavy (non-hydrogen) atoms. The van der Waals surface area contributed by atoms with Gasteiger partial charge in [0.2, 0.25) is 0 Å². The minimum Gasteiger partial charge on any atom is -0.396 e. The van der Waals surface area contributed by atoms with Gasteiger partial charge in [0.25, 0.3) is 0 Å². The number of unbranched alkanes of at least 4 members (excludes halogenated alkanes) is 1. The van der Waals surface area contributed by atoms with Gasteiger partial charge in [0.05, 0.1) is 0 Å². The summed E-state index contributed by atoms with van der Waals surface area (Å²) in [5.41, 5.74) is 4.07. The quantitative estimate of drug-likeness (QED) is 0.241. The molecular weight excluding hydrogens is 268 g/mol. The molecule has 0 aromatic carbocycles. The second kappa shape index (κ2) is 14.6. The second-order valence-electron chi connectivity index (χ2n) is 5.92. The molecule has 0 bridgehead atoms. The predicted molar refractivity (Wildman–Crippen MR) is 100 cm³/mol. The molecule has 0 fully saturated rings. The van der Waals surface area contributed by atoms with E-state index in [2.05, 4.69) is 51.3 Å². The summed E-state index contributed by atoms with van der Waals surface area (Å²) in [7, 11) is 0. The van der Waals surface area contributed by atoms with Crippen molar-refractivity contribution < 1.29 is 5.11 Å². The van der Waals surface area contributed by atoms with Crippen molar-refractivity contribution >= 4 is 0 Å². The Hall–Kier alpha value is -1.34. The highest BCUT2D eigenvalue weighted by molar-refractivity contribution is 5.12. The average Bonchev–Trinajstić information content (AvgIpc) is 2.50. The standard InChI is InChI=1S/C21H34O/c1-5-19(2)14-11-15-21(4)17-12-16-20(3)13-9-7-6-8-10-18-22/h5-6,8,15-16,22H,1-2,7,9-14,17-18H2,3-4H3. The molecule has 0 aliphatic rings. The molecule has 0 aromatic rings. The Bertz CT molecular complexity index is 396. The van der Waals surface area contributed by atoms with Crippen molar-refractivity contribution in [3.8, 4) is 0 Å². The molecule has 124 valence electrons. The van der Waals surface area contributed by atoms with Gasteiger partial charge in [-0.25, -0.2) is 0 Å². The molecule has 0 unspecified atom stereocenters. The van der Waals surface area contributed by atoms with Gasteiger partial charge in [0, 0.05) is 6.61 Å². The molecule has 0 radical (unpaired) electrons. The third-order valence-electron chi connectivity index (χ3n) is 3.68. The van der Waals surface area contributed by atoms with Crippen LogP contribution in [0.15, 0.2) is 60.3 Å². The first-order chi connectivity index (χ1) is 10.6. The molecule has 0 aromatic heterocycles. The fourth-order valence-electron chi connectivity index (χ4n) is 2.17. The summed E-state index contributed by atoms with van der Waals surface area (Å²) in [4.78, 5) is 0. The van der Waals surface area contributed by atoms with Gasteiger partial charge in [-0.1, -0.05) is 60.3 Å². The maximum absolute atomic E-state index is 8.67. The number of hydrogen-bond acceptors (Lipinski definition) is 1. The number of allylic oxidation sites excluding steroid dienone is 7. The molecule has 0 amide bonds. The van der Waals surface area contributed by atoms with Crippen LogP contribution in [0.5, 0.6) is 0 Å². The summed E-state index contributed by atoms with van der Waals surface area (Å²) in [5.74, 6) is 0. The van der Waals surface area contributed by atoms with E-state index in [1.54, 1.807) is 0 Å². The summed E-state index contributed by atoms with van der Waals surface area (Å²) >= 11 is 0. The van der Waals surface area contributed by atoms with E-state index in [9.17, 15) is 0 Å². The van der Waals surface area contributed by atoms with Crippen molar-refractivity contribution in [3.63, 3.8) is 0 Å². The Labute approximate surface area is 137 Å². The topological polar surface area (TPSA) is 20.2 Å². The summed E-state index contributed by atoms with van der Waals surface area (Å²) in [6.45, 7) is 12.4. The Morgan fingerprint density at radius 3 is 2.09 bits per heavy atom. The van der Waals surface area contributed by atoms with Gasteiger partial charge in [0.1, 0.15) is 0 Å². The minimum absolute atomic E-state index is 0.254. The van der Waals surface area contributed by atoms with E-state index in [-0.39, 0.29) is 6.61 Å². The highest BCUT2D eigenvalue weighted by Gasteiger charge is 1.93. The van der Waals surface area contributed by atoms with Crippen LogP contribution in [0.3, 0.4) is 0 Å². The first kappa shape index (κ1) is 20.7. The molecule has 0 spiro atoms. The molecule has 0 saturated carbocycles. The lowest BCUT2D eigenvalue weighted by atomic mass is 10.0. The highest BCUT2D eigenvalue weighted by Crippen LogP contribution is 2.13. The number of rotatable bonds is 13. The molecular formula is C21H34O. The predicted octanol–water partition coefficient (Wildman–Crippen LogP) is 6.29. The summed E-state index contributed by atoms with van der Waals surface area (Å²) < 4.78 is 0. The van der Waals surface area contributed by atoms with E-state index in [1.807, 2.05) is 6.08 Å². The summed E-state index contributed by atoms with van der Waals surface area (Å²) in [6.07, 6.45) is 19.4. The molecule has 0 heterocycles. The molecule has 1 heteroatoms. The van der Waals surface area contributed by atoms with E-state index >= 15 is 0 Å². The normalized spacial score (nSPS) is 12.9. The third kappa shape index (κ3) is 13.6. The maximum Gasteiger partial charge on any atom is 0.0465 e. The fourth-order valence-corrected chi connectivity index (χ4v) is 2.17. The lowest BCUT2D eigenvalue weighted by Gasteiger charge is -2.02. The number of hydrogen-bond donors (Lipinski definition) is 1. The van der Waals surface area contributed by atoms with E-state index in [1.165, 1.54) is 24.0 Å². The zero-order chi connectivity index (χ0) is 16.6. The van der Waals surface area contributed by atoms with Gasteiger partial charge in [-0.2, -0.15) is 0 Å². The first-order valence-corrected chi connectivity index (χ1v) is 8.47. The molecule has 1 N–H and O–H groups in total. The minimum atomic E-state index is 0.254. The van der Waals surface area contributed by atoms with Crippen LogP contribution in [-0.2, 0) is 0 Å². The first-order valence-electron chi connectivity index (χ1n) is 8.47. The summed E-state index contributed by atoms with van der Waals surface area (Å²) in [5, 5.41) is 8.67. The smallest absolute Gasteiger partial charge is 0.0465 e. The van der Waals surface area contributed by atoms with E-state index in [0.717, 1.165) is 44.1 Å². The van der Waals surface area contributed by atoms with Gasteiger partial charge in [-0.3, -0.25) is 0 Å². The van der Waals surface area contributed by atoms with Gasteiger partial charge in [0.15, 0.2) is 0 Å². The lowest BCUT2D eigenvalue weighted by Crippen LogP contribution is -1.82. The van der Waals surface area contributed by atoms with E-state index in [4.69, 9.17) is 5.11 Å². The van der Waals surface area contributed by atoms with Gasteiger partial charge < -0.3 is 5.11 Å². The molecule has 0 saturated heterocycles. The molecule has 0 atom stereocenters. The number of aliphatic hydroxyl groups is 1. The van der Waals surface area contributed by atoms with Crippen LogP contribution in [-0.4, -0.2) is 11.7 Å². The van der Waals surface area contributed by atoms with Crippen molar-refractivity contribution in [1.82, 2.24) is 0 Å². The van der Waals surface area contributed by atoms with Crippen LogP contribution in [0, 0.1) is 0 Å². The molecule has 0 aliphatic carbocycles. The van der Waals surface area contributed by atoms with Crippen LogP contribution in [0.2, 0.25) is 0 Å². The maximum atomic E-state index is 8.67. The molecule has 1 nitrogen and oxygen atoms in total. The third-order valence-corrected chi connectivity index (χ3v) is 3.68. The molecule has 0 rings (SSSR count). The highest BCUT2D eigenvalue weighted by atomic mass is 16.2. The Morgan fingerprint density at radius 1 is 0.864 bits per heavy atom. The zero-order valence-corrected chi connectivity index (χ0v) is 14.6.